The molecule has 0 fully saturated rings. The Bertz CT molecular complexity index is 706. The molecule has 2 rings (SSSR count). The molecule has 1 atom stereocenters. The molecule has 1 unspecified atom stereocenters. The van der Waals surface area contributed by atoms with E-state index in [4.69, 9.17) is 4.52 Å². The number of aromatic nitrogens is 2. The summed E-state index contributed by atoms with van der Waals surface area (Å²) < 4.78 is 8.11. The van der Waals surface area contributed by atoms with Crippen LogP contribution in [0.25, 0.3) is 10.2 Å². The molecule has 0 aliphatic carbocycles. The van der Waals surface area contributed by atoms with E-state index in [-0.39, 0.29) is 11.2 Å². The molecule has 0 bridgehead atoms. The highest BCUT2D eigenvalue weighted by Crippen LogP contribution is 2.22. The molecule has 5 nitrogen and oxygen atoms in total. The molecule has 2 heterocycles. The predicted octanol–water partition coefficient (Wildman–Crippen LogP) is 2.42. The van der Waals surface area contributed by atoms with Crippen molar-refractivity contribution in [3.8, 4) is 0 Å². The van der Waals surface area contributed by atoms with E-state index in [1.54, 1.807) is 11.6 Å². The van der Waals surface area contributed by atoms with Crippen molar-refractivity contribution in [2.45, 2.75) is 19.9 Å². The highest BCUT2D eigenvalue weighted by atomic mass is 127. The Hall–Kier alpha value is -0.240. The lowest BCUT2D eigenvalue weighted by molar-refractivity contribution is 0.345. The molecule has 104 valence electrons. The number of hydrogen-bond donors (Lipinski definition) is 0. The van der Waals surface area contributed by atoms with Gasteiger partial charge in [0.05, 0.1) is 18.4 Å². The second-order valence-corrected chi connectivity index (χ2v) is 6.80. The number of rotatable bonds is 5. The highest BCUT2D eigenvalue weighted by molar-refractivity contribution is 14.2. The normalized spacial score (nSPS) is 11.9. The summed E-state index contributed by atoms with van der Waals surface area (Å²) in [5.74, 6) is 0. The lowest BCUT2D eigenvalue weighted by Crippen LogP contribution is -2.39. The van der Waals surface area contributed by atoms with Gasteiger partial charge in [0, 0.05) is 13.6 Å². The van der Waals surface area contributed by atoms with E-state index in [0.717, 1.165) is 10.4 Å². The zero-order chi connectivity index (χ0) is 14.0. The Morgan fingerprint density at radius 1 is 1.47 bits per heavy atom. The smallest absolute Gasteiger partial charge is 0.331 e. The number of hydrogen-bond acceptors (Lipinski definition) is 4. The second-order valence-electron chi connectivity index (χ2n) is 4.18. The molecule has 2 aromatic rings. The van der Waals surface area contributed by atoms with Crippen LogP contribution in [0.15, 0.2) is 15.0 Å². The quantitative estimate of drug-likeness (QED) is 0.431. The number of nitrogens with zero attached hydrogens (tertiary/aromatic N) is 2. The van der Waals surface area contributed by atoms with E-state index >= 15 is 0 Å². The molecule has 0 aliphatic rings. The number of fused-ring (bicyclic) bond motifs is 1. The minimum absolute atomic E-state index is 0.186. The summed E-state index contributed by atoms with van der Waals surface area (Å²) in [6, 6.07) is 0. The van der Waals surface area contributed by atoms with Gasteiger partial charge in [-0.3, -0.25) is 13.9 Å². The molecule has 0 saturated carbocycles. The van der Waals surface area contributed by atoms with Crippen LogP contribution in [0.5, 0.6) is 0 Å². The maximum absolute atomic E-state index is 12.4. The largest absolute Gasteiger partial charge is 0.352 e. The van der Waals surface area contributed by atoms with Gasteiger partial charge >= 0.3 is 5.69 Å². The summed E-state index contributed by atoms with van der Waals surface area (Å²) in [5, 5.41) is 2.57. The first-order valence-electron chi connectivity index (χ1n) is 5.73. The van der Waals surface area contributed by atoms with Crippen LogP contribution in [0.3, 0.4) is 0 Å². The first kappa shape index (κ1) is 15.2. The van der Waals surface area contributed by atoms with Gasteiger partial charge in [0.15, 0.2) is 0 Å². The maximum atomic E-state index is 12.4. The van der Waals surface area contributed by atoms with E-state index in [1.165, 1.54) is 15.9 Å². The molecule has 0 aliphatic heterocycles. The minimum atomic E-state index is -0.253. The van der Waals surface area contributed by atoms with Gasteiger partial charge in [-0.2, -0.15) is 0 Å². The van der Waals surface area contributed by atoms with Crippen molar-refractivity contribution in [2.24, 2.45) is 7.05 Å². The molecular formula is C11H14IN2O3PS. The summed E-state index contributed by atoms with van der Waals surface area (Å²) in [6.45, 7) is 3.27. The summed E-state index contributed by atoms with van der Waals surface area (Å²) in [4.78, 5) is 25.3. The Balaban J connectivity index is 2.46. The fraction of sp³-hybridized carbons (Fsp3) is 0.455. The van der Waals surface area contributed by atoms with Gasteiger partial charge in [0.25, 0.3) is 5.56 Å². The van der Waals surface area contributed by atoms with Crippen molar-refractivity contribution >= 4 is 50.0 Å². The Morgan fingerprint density at radius 2 is 2.21 bits per heavy atom. The van der Waals surface area contributed by atoms with Crippen LogP contribution in [0.4, 0.5) is 0 Å². The van der Waals surface area contributed by atoms with Crippen LogP contribution >= 0.6 is 39.8 Å². The summed E-state index contributed by atoms with van der Waals surface area (Å²) >= 11 is 3.58. The predicted molar refractivity (Wildman–Crippen MR) is 89.0 cm³/mol. The maximum Gasteiger partial charge on any atom is 0.331 e. The zero-order valence-corrected chi connectivity index (χ0v) is 14.6. The summed E-state index contributed by atoms with van der Waals surface area (Å²) in [5.41, 5.74) is 0.490. The lowest BCUT2D eigenvalue weighted by Gasteiger charge is -2.08. The van der Waals surface area contributed by atoms with E-state index in [0.29, 0.717) is 31.4 Å². The van der Waals surface area contributed by atoms with Crippen molar-refractivity contribution in [3.05, 3.63) is 31.8 Å². The van der Waals surface area contributed by atoms with Crippen LogP contribution < -0.4 is 11.2 Å². The van der Waals surface area contributed by atoms with Crippen molar-refractivity contribution in [3.63, 3.8) is 0 Å². The van der Waals surface area contributed by atoms with Gasteiger partial charge in [-0.15, -0.1) is 11.3 Å². The summed E-state index contributed by atoms with van der Waals surface area (Å²) in [6.07, 6.45) is 0.667. The number of aryl methyl sites for hydroxylation is 2. The fourth-order valence-corrected chi connectivity index (χ4v) is 3.85. The van der Waals surface area contributed by atoms with Gasteiger partial charge < -0.3 is 4.52 Å². The molecule has 0 N–H and O–H groups in total. The number of thiophene rings is 1. The van der Waals surface area contributed by atoms with E-state index in [9.17, 15) is 9.59 Å². The first-order valence-corrected chi connectivity index (χ1v) is 10.6. The summed E-state index contributed by atoms with van der Waals surface area (Å²) in [7, 11) is 1.71. The van der Waals surface area contributed by atoms with Gasteiger partial charge in [0.2, 0.25) is 0 Å². The Morgan fingerprint density at radius 3 is 2.89 bits per heavy atom. The molecule has 19 heavy (non-hydrogen) atoms. The standard InChI is InChI=1S/C11H14IN2O3PS/c1-7-6-19-10-8(7)9(15)14(11(16)13(10)2)4-3-5-17-18-12/h6,18H,3-5H2,1-2H3. The van der Waals surface area contributed by atoms with E-state index in [2.05, 4.69) is 22.0 Å². The van der Waals surface area contributed by atoms with E-state index < -0.39 is 0 Å². The van der Waals surface area contributed by atoms with Crippen molar-refractivity contribution in [2.75, 3.05) is 6.61 Å². The topological polar surface area (TPSA) is 53.2 Å². The second kappa shape index (κ2) is 6.47. The van der Waals surface area contributed by atoms with Gasteiger partial charge in [0.1, 0.15) is 4.83 Å². The van der Waals surface area contributed by atoms with Crippen LogP contribution in [0.2, 0.25) is 0 Å². The van der Waals surface area contributed by atoms with Crippen LogP contribution in [0, 0.1) is 6.92 Å². The molecule has 8 heteroatoms. The average Bonchev–Trinajstić information content (AvgIpc) is 2.77. The molecule has 0 amide bonds. The highest BCUT2D eigenvalue weighted by Gasteiger charge is 2.13. The van der Waals surface area contributed by atoms with Crippen LogP contribution in [0.1, 0.15) is 12.0 Å². The molecule has 0 radical (unpaired) electrons. The van der Waals surface area contributed by atoms with Crippen molar-refractivity contribution in [1.82, 2.24) is 9.13 Å². The third kappa shape index (κ3) is 2.94. The Kier molecular flexibility index (Phi) is 5.16. The van der Waals surface area contributed by atoms with Crippen molar-refractivity contribution < 1.29 is 4.52 Å². The first-order chi connectivity index (χ1) is 9.07. The molecule has 2 aromatic heterocycles. The lowest BCUT2D eigenvalue weighted by atomic mass is 10.2. The van der Waals surface area contributed by atoms with Crippen LogP contribution in [-0.4, -0.2) is 15.7 Å². The Labute approximate surface area is 128 Å². The van der Waals surface area contributed by atoms with Crippen LogP contribution in [-0.2, 0) is 18.1 Å². The molecule has 0 saturated heterocycles. The molecular weight excluding hydrogens is 398 g/mol. The fourth-order valence-electron chi connectivity index (χ4n) is 1.96. The third-order valence-corrected chi connectivity index (χ3v) is 5.34. The number of halogens is 1. The monoisotopic (exact) mass is 412 g/mol. The van der Waals surface area contributed by atoms with Gasteiger partial charge in [-0.05, 0) is 46.3 Å². The zero-order valence-electron chi connectivity index (χ0n) is 10.6. The SMILES string of the molecule is Cc1csc2c1c(=O)n(CCCOPI)c(=O)n2C. The van der Waals surface area contributed by atoms with Gasteiger partial charge in [-0.1, -0.05) is 0 Å². The van der Waals surface area contributed by atoms with E-state index in [1.807, 2.05) is 12.3 Å². The minimum Gasteiger partial charge on any atom is -0.352 e. The van der Waals surface area contributed by atoms with Crippen molar-refractivity contribution in [1.29, 1.82) is 0 Å². The van der Waals surface area contributed by atoms with Gasteiger partial charge in [-0.25, -0.2) is 4.79 Å². The average molecular weight is 412 g/mol. The third-order valence-electron chi connectivity index (χ3n) is 2.92. The molecule has 0 spiro atoms. The molecule has 0 aromatic carbocycles.